The molecule has 0 saturated carbocycles. The molecule has 4 atom stereocenters. The Kier molecular flexibility index (Phi) is 4.08. The average molecular weight is 335 g/mol. The number of hydrogen-bond donors (Lipinski definition) is 0. The van der Waals surface area contributed by atoms with Crippen molar-refractivity contribution in [2.45, 2.75) is 96.1 Å². The molecule has 2 unspecified atom stereocenters. The van der Waals surface area contributed by atoms with Crippen LogP contribution >= 0.6 is 0 Å². The van der Waals surface area contributed by atoms with Gasteiger partial charge in [-0.15, -0.1) is 0 Å². The molecule has 5 fully saturated rings. The van der Waals surface area contributed by atoms with Crippen LogP contribution in [0, 0.1) is 0 Å². The Labute approximate surface area is 149 Å². The molecule has 0 aromatic carbocycles. The van der Waals surface area contributed by atoms with Crippen LogP contribution in [0.25, 0.3) is 0 Å². The van der Waals surface area contributed by atoms with E-state index in [1.54, 1.807) is 0 Å². The Morgan fingerprint density at radius 2 is 1.12 bits per heavy atom. The van der Waals surface area contributed by atoms with Crippen LogP contribution in [-0.4, -0.2) is 87.7 Å². The maximum absolute atomic E-state index is 2.82. The molecule has 0 aromatic rings. The topological polar surface area (TPSA) is 13.0 Å². The Balaban J connectivity index is 1.36. The fourth-order valence-electron chi connectivity index (χ4n) is 5.89. The third-order valence-corrected chi connectivity index (χ3v) is 7.08. The number of likely N-dealkylation sites (tertiary alicyclic amines) is 2. The largest absolute Gasteiger partial charge is 0.293 e. The summed E-state index contributed by atoms with van der Waals surface area (Å²) in [6.07, 6.45) is 4.21. The molecule has 5 rings (SSSR count). The number of fused-ring (bicyclic) bond motifs is 5. The Hall–Kier alpha value is -0.160. The number of hydrogen-bond acceptors (Lipinski definition) is 4. The highest BCUT2D eigenvalue weighted by atomic mass is 15.5. The minimum atomic E-state index is 0.329. The third-order valence-electron chi connectivity index (χ3n) is 7.08. The smallest absolute Gasteiger partial charge is 0.0514 e. The summed E-state index contributed by atoms with van der Waals surface area (Å²) in [7, 11) is 0. The van der Waals surface area contributed by atoms with Crippen LogP contribution in [0.3, 0.4) is 0 Å². The molecule has 0 N–H and O–H groups in total. The van der Waals surface area contributed by atoms with Gasteiger partial charge in [-0.25, -0.2) is 0 Å². The van der Waals surface area contributed by atoms with Gasteiger partial charge in [-0.2, -0.15) is 0 Å². The van der Waals surface area contributed by atoms with E-state index < -0.39 is 0 Å². The van der Waals surface area contributed by atoms with Crippen LogP contribution in [0.5, 0.6) is 0 Å². The van der Waals surface area contributed by atoms with Crippen LogP contribution in [0.2, 0.25) is 0 Å². The van der Waals surface area contributed by atoms with Gasteiger partial charge >= 0.3 is 0 Å². The van der Waals surface area contributed by atoms with E-state index in [0.717, 1.165) is 24.2 Å². The summed E-state index contributed by atoms with van der Waals surface area (Å²) in [4.78, 5) is 11.1. The molecule has 0 aromatic heterocycles. The summed E-state index contributed by atoms with van der Waals surface area (Å²) in [6.45, 7) is 20.7. The van der Waals surface area contributed by atoms with Crippen LogP contribution in [0.15, 0.2) is 0 Å². The molecule has 5 aliphatic rings. The van der Waals surface area contributed by atoms with E-state index in [1.165, 1.54) is 52.1 Å². The van der Waals surface area contributed by atoms with Crippen molar-refractivity contribution in [3.8, 4) is 0 Å². The van der Waals surface area contributed by atoms with Gasteiger partial charge in [-0.3, -0.25) is 19.6 Å². The summed E-state index contributed by atoms with van der Waals surface area (Å²) in [5, 5.41) is 0. The van der Waals surface area contributed by atoms with Crippen molar-refractivity contribution in [2.24, 2.45) is 0 Å². The predicted molar refractivity (Wildman–Crippen MR) is 100 cm³/mol. The number of nitrogens with zero attached hydrogens (tertiary/aromatic N) is 4. The van der Waals surface area contributed by atoms with Gasteiger partial charge in [-0.1, -0.05) is 0 Å². The van der Waals surface area contributed by atoms with E-state index >= 15 is 0 Å². The first kappa shape index (κ1) is 17.3. The lowest BCUT2D eigenvalue weighted by Crippen LogP contribution is -2.68. The number of piperidine rings is 2. The van der Waals surface area contributed by atoms with Crippen molar-refractivity contribution in [2.75, 3.05) is 32.8 Å². The van der Waals surface area contributed by atoms with E-state index in [1.807, 2.05) is 0 Å². The van der Waals surface area contributed by atoms with Crippen molar-refractivity contribution < 1.29 is 0 Å². The molecule has 4 heteroatoms. The van der Waals surface area contributed by atoms with Gasteiger partial charge in [-0.05, 0) is 60.8 Å². The second-order valence-electron chi connectivity index (χ2n) is 10.8. The molecular weight excluding hydrogens is 296 g/mol. The molecule has 0 spiro atoms. The zero-order valence-electron chi connectivity index (χ0n) is 16.8. The lowest BCUT2D eigenvalue weighted by Gasteiger charge is -2.57. The predicted octanol–water partition coefficient (Wildman–Crippen LogP) is 2.45. The summed E-state index contributed by atoms with van der Waals surface area (Å²) in [6, 6.07) is 3.16. The van der Waals surface area contributed by atoms with E-state index in [9.17, 15) is 0 Å². The normalized spacial score (nSPS) is 39.2. The first-order valence-electron chi connectivity index (χ1n) is 10.1. The lowest BCUT2D eigenvalue weighted by molar-refractivity contribution is -0.0864. The van der Waals surface area contributed by atoms with Gasteiger partial charge in [0.15, 0.2) is 0 Å². The quantitative estimate of drug-likeness (QED) is 0.769. The van der Waals surface area contributed by atoms with Gasteiger partial charge in [0.05, 0.1) is 6.67 Å². The van der Waals surface area contributed by atoms with Crippen molar-refractivity contribution >= 4 is 0 Å². The van der Waals surface area contributed by atoms with E-state index in [0.29, 0.717) is 11.1 Å². The SMILES string of the molecule is CC(C)(C)N1CC2CCC1CN2CN1C[C@@H]2C[C@H]1CN2C(C)(C)C. The Bertz CT molecular complexity index is 477. The average Bonchev–Trinajstić information content (AvgIpc) is 3.06. The Morgan fingerprint density at radius 1 is 0.625 bits per heavy atom. The summed E-state index contributed by atoms with van der Waals surface area (Å²) >= 11 is 0. The maximum Gasteiger partial charge on any atom is 0.0514 e. The molecule has 4 nitrogen and oxygen atoms in total. The molecule has 5 aliphatic heterocycles. The fraction of sp³-hybridized carbons (Fsp3) is 1.00. The highest BCUT2D eigenvalue weighted by Crippen LogP contribution is 2.38. The third kappa shape index (κ3) is 2.94. The fourth-order valence-corrected chi connectivity index (χ4v) is 5.89. The van der Waals surface area contributed by atoms with E-state index in [2.05, 4.69) is 61.1 Å². The lowest BCUT2D eigenvalue weighted by atomic mass is 9.87. The second kappa shape index (κ2) is 5.67. The standard InChI is InChI=1S/C20H38N4/c1-19(2,3)23-12-15-7-8-16(23)10-21(15)14-22-11-18-9-17(22)13-24(18)20(4,5)6/h15-18H,7-14H2,1-6H3/t15?,16?,17-,18-/m0/s1. The first-order chi connectivity index (χ1) is 11.1. The van der Waals surface area contributed by atoms with Crippen molar-refractivity contribution in [1.29, 1.82) is 0 Å². The zero-order valence-corrected chi connectivity index (χ0v) is 16.8. The number of piperazine rings is 2. The first-order valence-corrected chi connectivity index (χ1v) is 10.1. The minimum Gasteiger partial charge on any atom is -0.293 e. The van der Waals surface area contributed by atoms with E-state index in [-0.39, 0.29) is 0 Å². The molecule has 0 amide bonds. The number of rotatable bonds is 2. The summed E-state index contributed by atoms with van der Waals surface area (Å²) in [5.74, 6) is 0. The van der Waals surface area contributed by atoms with Crippen LogP contribution in [0.1, 0.15) is 60.8 Å². The second-order valence-corrected chi connectivity index (χ2v) is 10.8. The van der Waals surface area contributed by atoms with Crippen molar-refractivity contribution in [3.63, 3.8) is 0 Å². The molecule has 138 valence electrons. The molecular formula is C20H38N4. The van der Waals surface area contributed by atoms with Gasteiger partial charge in [0.2, 0.25) is 0 Å². The van der Waals surface area contributed by atoms with Crippen molar-refractivity contribution in [1.82, 2.24) is 19.6 Å². The maximum atomic E-state index is 2.82. The highest BCUT2D eigenvalue weighted by molar-refractivity contribution is 5.05. The molecule has 0 radical (unpaired) electrons. The van der Waals surface area contributed by atoms with E-state index in [4.69, 9.17) is 0 Å². The monoisotopic (exact) mass is 334 g/mol. The Morgan fingerprint density at radius 3 is 1.62 bits per heavy atom. The van der Waals surface area contributed by atoms with Crippen molar-refractivity contribution in [3.05, 3.63) is 0 Å². The van der Waals surface area contributed by atoms with Crippen LogP contribution in [0.4, 0.5) is 0 Å². The summed E-state index contributed by atoms with van der Waals surface area (Å²) in [5.41, 5.74) is 0.665. The van der Waals surface area contributed by atoms with Crippen LogP contribution in [-0.2, 0) is 0 Å². The van der Waals surface area contributed by atoms with Gasteiger partial charge < -0.3 is 0 Å². The molecule has 24 heavy (non-hydrogen) atoms. The summed E-state index contributed by atoms with van der Waals surface area (Å²) < 4.78 is 0. The minimum absolute atomic E-state index is 0.329. The molecule has 4 bridgehead atoms. The van der Waals surface area contributed by atoms with Gasteiger partial charge in [0.25, 0.3) is 0 Å². The molecule has 5 saturated heterocycles. The zero-order chi connectivity index (χ0) is 17.3. The molecule has 0 aliphatic carbocycles. The van der Waals surface area contributed by atoms with Gasteiger partial charge in [0, 0.05) is 61.4 Å². The van der Waals surface area contributed by atoms with Gasteiger partial charge in [0.1, 0.15) is 0 Å². The molecule has 5 heterocycles. The van der Waals surface area contributed by atoms with Crippen LogP contribution < -0.4 is 0 Å². The highest BCUT2D eigenvalue weighted by Gasteiger charge is 2.49.